The van der Waals surface area contributed by atoms with Gasteiger partial charge in [0.1, 0.15) is 5.54 Å². The molecule has 1 saturated heterocycles. The third kappa shape index (κ3) is 3.09. The first-order valence-corrected chi connectivity index (χ1v) is 8.18. The van der Waals surface area contributed by atoms with Crippen LogP contribution in [0.25, 0.3) is 0 Å². The van der Waals surface area contributed by atoms with Crippen LogP contribution in [0.3, 0.4) is 0 Å². The van der Waals surface area contributed by atoms with Crippen molar-refractivity contribution in [1.82, 2.24) is 5.32 Å². The molecule has 0 unspecified atom stereocenters. The number of hydrogen-bond donors (Lipinski definition) is 1. The third-order valence-corrected chi connectivity index (χ3v) is 4.87. The van der Waals surface area contributed by atoms with E-state index < -0.39 is 5.54 Å². The van der Waals surface area contributed by atoms with Gasteiger partial charge in [-0.3, -0.25) is 9.59 Å². The smallest absolute Gasteiger partial charge is 0.252 e. The number of nitrogens with one attached hydrogen (secondary N) is 1. The highest BCUT2D eigenvalue weighted by atomic mass is 79.9. The SMILES string of the molecule is CCC1(CC)NC(=O)CCN(c2ccc(Cl)cc2Br)C1=O. The average Bonchev–Trinajstić information content (AvgIpc) is 2.58. The number of amides is 2. The summed E-state index contributed by atoms with van der Waals surface area (Å²) in [5, 5.41) is 3.50. The normalized spacial score (nSPS) is 18.4. The molecule has 2 amide bonds. The van der Waals surface area contributed by atoms with E-state index in [0.717, 1.165) is 10.2 Å². The zero-order valence-corrected chi connectivity index (χ0v) is 14.4. The first kappa shape index (κ1) is 16.3. The van der Waals surface area contributed by atoms with Crippen molar-refractivity contribution in [1.29, 1.82) is 0 Å². The Morgan fingerprint density at radius 2 is 2.00 bits per heavy atom. The van der Waals surface area contributed by atoms with Crippen molar-refractivity contribution in [2.24, 2.45) is 0 Å². The van der Waals surface area contributed by atoms with Crippen LogP contribution >= 0.6 is 27.5 Å². The Labute approximate surface area is 138 Å². The van der Waals surface area contributed by atoms with Crippen LogP contribution < -0.4 is 10.2 Å². The summed E-state index contributed by atoms with van der Waals surface area (Å²) in [5.74, 6) is -0.152. The van der Waals surface area contributed by atoms with Gasteiger partial charge in [-0.25, -0.2) is 0 Å². The third-order valence-electron chi connectivity index (χ3n) is 4.00. The molecule has 1 fully saturated rings. The number of anilines is 1. The maximum absolute atomic E-state index is 13.0. The van der Waals surface area contributed by atoms with Crippen molar-refractivity contribution in [2.45, 2.75) is 38.6 Å². The van der Waals surface area contributed by atoms with Gasteiger partial charge in [-0.15, -0.1) is 0 Å². The molecule has 1 heterocycles. The van der Waals surface area contributed by atoms with E-state index in [1.807, 2.05) is 13.8 Å². The Bertz CT molecular complexity index is 573. The monoisotopic (exact) mass is 372 g/mol. The van der Waals surface area contributed by atoms with Crippen LogP contribution in [-0.4, -0.2) is 23.9 Å². The van der Waals surface area contributed by atoms with Crippen molar-refractivity contribution < 1.29 is 9.59 Å². The molecular formula is C15H18BrClN2O2. The lowest BCUT2D eigenvalue weighted by molar-refractivity contribution is -0.130. The summed E-state index contributed by atoms with van der Waals surface area (Å²) >= 11 is 9.41. The van der Waals surface area contributed by atoms with Crippen LogP contribution in [0.4, 0.5) is 5.69 Å². The van der Waals surface area contributed by atoms with Gasteiger partial charge >= 0.3 is 0 Å². The minimum atomic E-state index is -0.827. The standard InChI is InChI=1S/C15H18BrClN2O2/c1-3-15(4-2)14(21)19(8-7-13(20)18-15)12-6-5-10(17)9-11(12)16/h5-6,9H,3-4,7-8H2,1-2H3,(H,18,20). The Morgan fingerprint density at radius 1 is 1.33 bits per heavy atom. The number of carbonyl (C=O) groups is 2. The molecule has 0 bridgehead atoms. The first-order valence-electron chi connectivity index (χ1n) is 7.01. The summed E-state index contributed by atoms with van der Waals surface area (Å²) in [6.07, 6.45) is 1.42. The quantitative estimate of drug-likeness (QED) is 0.881. The molecule has 0 atom stereocenters. The molecule has 0 saturated carbocycles. The topological polar surface area (TPSA) is 49.4 Å². The number of rotatable bonds is 3. The van der Waals surface area contributed by atoms with E-state index in [0.29, 0.717) is 30.8 Å². The average molecular weight is 374 g/mol. The molecule has 114 valence electrons. The molecule has 6 heteroatoms. The molecule has 0 aromatic heterocycles. The van der Waals surface area contributed by atoms with Crippen LogP contribution in [0.5, 0.6) is 0 Å². The van der Waals surface area contributed by atoms with Crippen molar-refractivity contribution in [3.8, 4) is 0 Å². The van der Waals surface area contributed by atoms with Crippen LogP contribution in [-0.2, 0) is 9.59 Å². The van der Waals surface area contributed by atoms with Gasteiger partial charge in [0.05, 0.1) is 5.69 Å². The highest BCUT2D eigenvalue weighted by Gasteiger charge is 2.42. The van der Waals surface area contributed by atoms with E-state index in [9.17, 15) is 9.59 Å². The number of benzene rings is 1. The molecule has 1 aliphatic rings. The van der Waals surface area contributed by atoms with Gasteiger partial charge in [0.2, 0.25) is 5.91 Å². The Kier molecular flexibility index (Phi) is 4.94. The lowest BCUT2D eigenvalue weighted by Gasteiger charge is -2.34. The van der Waals surface area contributed by atoms with Gasteiger partial charge in [0, 0.05) is 22.5 Å². The van der Waals surface area contributed by atoms with Crippen molar-refractivity contribution >= 4 is 45.0 Å². The van der Waals surface area contributed by atoms with E-state index in [1.54, 1.807) is 23.1 Å². The molecule has 4 nitrogen and oxygen atoms in total. The van der Waals surface area contributed by atoms with Crippen molar-refractivity contribution in [3.63, 3.8) is 0 Å². The Balaban J connectivity index is 2.47. The molecule has 1 aromatic rings. The molecule has 1 aliphatic heterocycles. The van der Waals surface area contributed by atoms with Gasteiger partial charge in [0.15, 0.2) is 0 Å². The number of nitrogens with zero attached hydrogens (tertiary/aromatic N) is 1. The second-order valence-electron chi connectivity index (χ2n) is 5.14. The molecular weight excluding hydrogens is 356 g/mol. The molecule has 0 spiro atoms. The van der Waals surface area contributed by atoms with Crippen LogP contribution in [0.1, 0.15) is 33.1 Å². The number of carbonyl (C=O) groups excluding carboxylic acids is 2. The lowest BCUT2D eigenvalue weighted by Crippen LogP contribution is -2.56. The van der Waals surface area contributed by atoms with Gasteiger partial charge < -0.3 is 10.2 Å². The minimum absolute atomic E-state index is 0.0682. The summed E-state index contributed by atoms with van der Waals surface area (Å²) in [4.78, 5) is 26.6. The number of hydrogen-bond acceptors (Lipinski definition) is 2. The maximum Gasteiger partial charge on any atom is 0.252 e. The fraction of sp³-hybridized carbons (Fsp3) is 0.467. The van der Waals surface area contributed by atoms with E-state index in [2.05, 4.69) is 21.2 Å². The molecule has 0 aliphatic carbocycles. The van der Waals surface area contributed by atoms with Crippen molar-refractivity contribution in [2.75, 3.05) is 11.4 Å². The molecule has 0 radical (unpaired) electrons. The van der Waals surface area contributed by atoms with Crippen LogP contribution in [0, 0.1) is 0 Å². The fourth-order valence-electron chi connectivity index (χ4n) is 2.62. The largest absolute Gasteiger partial charge is 0.342 e. The highest BCUT2D eigenvalue weighted by Crippen LogP contribution is 2.33. The summed E-state index contributed by atoms with van der Waals surface area (Å²) in [6.45, 7) is 4.21. The minimum Gasteiger partial charge on any atom is -0.342 e. The van der Waals surface area contributed by atoms with Crippen LogP contribution in [0.2, 0.25) is 5.02 Å². The lowest BCUT2D eigenvalue weighted by atomic mass is 9.91. The molecule has 1 aromatic carbocycles. The summed E-state index contributed by atoms with van der Waals surface area (Å²) < 4.78 is 0.749. The van der Waals surface area contributed by atoms with Crippen LogP contribution in [0.15, 0.2) is 22.7 Å². The molecule has 2 rings (SSSR count). The summed E-state index contributed by atoms with van der Waals surface area (Å²) in [7, 11) is 0. The van der Waals surface area contributed by atoms with Gasteiger partial charge in [-0.1, -0.05) is 25.4 Å². The van der Waals surface area contributed by atoms with Gasteiger partial charge in [-0.05, 0) is 47.0 Å². The van der Waals surface area contributed by atoms with Gasteiger partial charge in [-0.2, -0.15) is 0 Å². The summed E-state index contributed by atoms with van der Waals surface area (Å²) in [6, 6.07) is 5.30. The highest BCUT2D eigenvalue weighted by molar-refractivity contribution is 9.10. The van der Waals surface area contributed by atoms with E-state index in [1.165, 1.54) is 0 Å². The maximum atomic E-state index is 13.0. The predicted molar refractivity (Wildman–Crippen MR) is 87.6 cm³/mol. The Morgan fingerprint density at radius 3 is 2.57 bits per heavy atom. The van der Waals surface area contributed by atoms with E-state index in [-0.39, 0.29) is 11.8 Å². The fourth-order valence-corrected chi connectivity index (χ4v) is 3.51. The second-order valence-corrected chi connectivity index (χ2v) is 6.43. The Hall–Kier alpha value is -1.07. The first-order chi connectivity index (χ1) is 9.93. The van der Waals surface area contributed by atoms with E-state index >= 15 is 0 Å². The summed E-state index contributed by atoms with van der Waals surface area (Å²) in [5.41, 5.74) is -0.0840. The zero-order valence-electron chi connectivity index (χ0n) is 12.1. The zero-order chi connectivity index (χ0) is 15.6. The molecule has 1 N–H and O–H groups in total. The predicted octanol–water partition coefficient (Wildman–Crippen LogP) is 3.51. The van der Waals surface area contributed by atoms with E-state index in [4.69, 9.17) is 11.6 Å². The molecule has 21 heavy (non-hydrogen) atoms. The van der Waals surface area contributed by atoms with Crippen molar-refractivity contribution in [3.05, 3.63) is 27.7 Å². The number of halogens is 2. The van der Waals surface area contributed by atoms with Gasteiger partial charge in [0.25, 0.3) is 5.91 Å². The second kappa shape index (κ2) is 6.36.